The fraction of sp³-hybridized carbons (Fsp3) is 0.633. The van der Waals surface area contributed by atoms with Crippen LogP contribution in [0.2, 0.25) is 0 Å². The van der Waals surface area contributed by atoms with Gasteiger partial charge in [0.2, 0.25) is 0 Å². The highest BCUT2D eigenvalue weighted by molar-refractivity contribution is 5.52. The molecule has 1 unspecified atom stereocenters. The van der Waals surface area contributed by atoms with Crippen molar-refractivity contribution in [3.63, 3.8) is 0 Å². The molecule has 39 heavy (non-hydrogen) atoms. The highest BCUT2D eigenvalue weighted by Gasteiger charge is 2.46. The normalized spacial score (nSPS) is 25.1. The Labute approximate surface area is 230 Å². The maximum atomic E-state index is 9.29. The number of fused-ring (bicyclic) bond motifs is 2. The average Bonchev–Trinajstić information content (AvgIpc) is 3.63. The quantitative estimate of drug-likeness (QED) is 0.578. The van der Waals surface area contributed by atoms with Gasteiger partial charge in [0, 0.05) is 75.6 Å². The van der Waals surface area contributed by atoms with Gasteiger partial charge in [0.05, 0.1) is 50.2 Å². The highest BCUT2D eigenvalue weighted by atomic mass is 16.5. The van der Waals surface area contributed by atoms with Crippen LogP contribution in [0.4, 0.5) is 5.82 Å². The Balaban J connectivity index is 1.14. The first-order valence-electron chi connectivity index (χ1n) is 14.5. The molecule has 7 rings (SSSR count). The first-order chi connectivity index (χ1) is 19.1. The second-order valence-electron chi connectivity index (χ2n) is 12.2. The van der Waals surface area contributed by atoms with Crippen molar-refractivity contribution in [3.8, 4) is 12.1 Å². The van der Waals surface area contributed by atoms with Crippen LogP contribution in [-0.4, -0.2) is 85.6 Å². The van der Waals surface area contributed by atoms with Crippen molar-refractivity contribution in [2.75, 3.05) is 64.0 Å². The van der Waals surface area contributed by atoms with E-state index in [-0.39, 0.29) is 17.1 Å². The molecule has 1 aromatic carbocycles. The molecule has 2 saturated heterocycles. The summed E-state index contributed by atoms with van der Waals surface area (Å²) in [5, 5.41) is 12.8. The smallest absolute Gasteiger partial charge is 0.318 e. The summed E-state index contributed by atoms with van der Waals surface area (Å²) < 4.78 is 18.6. The first kappa shape index (κ1) is 25.2. The predicted octanol–water partition coefficient (Wildman–Crippen LogP) is 2.27. The summed E-state index contributed by atoms with van der Waals surface area (Å²) in [7, 11) is 0. The zero-order chi connectivity index (χ0) is 26.3. The molecule has 9 heteroatoms. The number of ether oxygens (including phenoxy) is 3. The van der Waals surface area contributed by atoms with Gasteiger partial charge in [0.1, 0.15) is 5.82 Å². The molecule has 1 N–H and O–H groups in total. The number of anilines is 1. The summed E-state index contributed by atoms with van der Waals surface area (Å²) in [5.74, 6) is 0.919. The minimum atomic E-state index is -0.250. The Hall–Kier alpha value is -2.77. The van der Waals surface area contributed by atoms with E-state index in [0.29, 0.717) is 25.6 Å². The fourth-order valence-corrected chi connectivity index (χ4v) is 6.82. The van der Waals surface area contributed by atoms with Gasteiger partial charge in [-0.1, -0.05) is 24.3 Å². The SMILES string of the molecule is N#CCC1CN(c2nc(OCC3(CN4CCOCC4)CC3)nc3c2COC2(Cc4ccccc4C2)C3)CCN1. The molecule has 2 aromatic rings. The molecular weight excluding hydrogens is 492 g/mol. The van der Waals surface area contributed by atoms with Crippen LogP contribution < -0.4 is 15.0 Å². The van der Waals surface area contributed by atoms with E-state index in [1.54, 1.807) is 0 Å². The Morgan fingerprint density at radius 1 is 1.08 bits per heavy atom. The van der Waals surface area contributed by atoms with Crippen LogP contribution in [-0.2, 0) is 35.3 Å². The van der Waals surface area contributed by atoms with Crippen molar-refractivity contribution in [1.82, 2.24) is 20.2 Å². The van der Waals surface area contributed by atoms with Crippen molar-refractivity contribution in [2.24, 2.45) is 5.41 Å². The topological polar surface area (TPSA) is 95.8 Å². The first-order valence-corrected chi connectivity index (χ1v) is 14.5. The molecule has 9 nitrogen and oxygen atoms in total. The number of nitriles is 1. The molecule has 3 fully saturated rings. The van der Waals surface area contributed by atoms with E-state index in [4.69, 9.17) is 24.2 Å². The minimum absolute atomic E-state index is 0.127. The van der Waals surface area contributed by atoms with Gasteiger partial charge in [-0.3, -0.25) is 4.90 Å². The van der Waals surface area contributed by atoms with Crippen LogP contribution in [0.3, 0.4) is 0 Å². The maximum absolute atomic E-state index is 9.29. The average molecular weight is 531 g/mol. The van der Waals surface area contributed by atoms with Gasteiger partial charge in [-0.25, -0.2) is 0 Å². The molecule has 5 aliphatic rings. The third-order valence-corrected chi connectivity index (χ3v) is 9.23. The second-order valence-corrected chi connectivity index (χ2v) is 12.2. The number of nitrogens with one attached hydrogen (secondary N) is 1. The molecule has 1 atom stereocenters. The summed E-state index contributed by atoms with van der Waals surface area (Å²) in [6.45, 7) is 8.24. The number of hydrogen-bond acceptors (Lipinski definition) is 9. The van der Waals surface area contributed by atoms with Crippen molar-refractivity contribution in [2.45, 2.75) is 56.8 Å². The van der Waals surface area contributed by atoms with Crippen LogP contribution in [0.5, 0.6) is 6.01 Å². The summed E-state index contributed by atoms with van der Waals surface area (Å²) in [6, 6.07) is 11.6. The predicted molar refractivity (Wildman–Crippen MR) is 146 cm³/mol. The minimum Gasteiger partial charge on any atom is -0.463 e. The van der Waals surface area contributed by atoms with E-state index < -0.39 is 0 Å². The van der Waals surface area contributed by atoms with Crippen LogP contribution in [0.15, 0.2) is 24.3 Å². The zero-order valence-electron chi connectivity index (χ0n) is 22.7. The van der Waals surface area contributed by atoms with E-state index in [0.717, 1.165) is 88.8 Å². The summed E-state index contributed by atoms with van der Waals surface area (Å²) in [4.78, 5) is 14.9. The molecule has 206 valence electrons. The molecule has 0 radical (unpaired) electrons. The summed E-state index contributed by atoms with van der Waals surface area (Å²) >= 11 is 0. The van der Waals surface area contributed by atoms with Gasteiger partial charge in [0.15, 0.2) is 0 Å². The lowest BCUT2D eigenvalue weighted by molar-refractivity contribution is -0.0613. The number of hydrogen-bond donors (Lipinski definition) is 1. The van der Waals surface area contributed by atoms with Gasteiger partial charge in [-0.15, -0.1) is 0 Å². The van der Waals surface area contributed by atoms with E-state index in [2.05, 4.69) is 45.5 Å². The number of aromatic nitrogens is 2. The fourth-order valence-electron chi connectivity index (χ4n) is 6.82. The summed E-state index contributed by atoms with van der Waals surface area (Å²) in [5.41, 5.74) is 4.85. The number of nitrogens with zero attached hydrogens (tertiary/aromatic N) is 5. The van der Waals surface area contributed by atoms with Gasteiger partial charge < -0.3 is 24.4 Å². The lowest BCUT2D eigenvalue weighted by atomic mass is 9.89. The van der Waals surface area contributed by atoms with Crippen LogP contribution >= 0.6 is 0 Å². The van der Waals surface area contributed by atoms with Crippen molar-refractivity contribution in [3.05, 3.63) is 46.6 Å². The number of morpholine rings is 1. The van der Waals surface area contributed by atoms with Gasteiger partial charge >= 0.3 is 6.01 Å². The maximum Gasteiger partial charge on any atom is 0.318 e. The monoisotopic (exact) mass is 530 g/mol. The molecule has 0 amide bonds. The molecule has 3 aliphatic heterocycles. The Bertz CT molecular complexity index is 1230. The number of piperazine rings is 1. The molecule has 1 aromatic heterocycles. The van der Waals surface area contributed by atoms with Gasteiger partial charge in [0.25, 0.3) is 0 Å². The third-order valence-electron chi connectivity index (χ3n) is 9.23. The van der Waals surface area contributed by atoms with Crippen molar-refractivity contribution >= 4 is 5.82 Å². The Morgan fingerprint density at radius 2 is 1.87 bits per heavy atom. The number of benzene rings is 1. The highest BCUT2D eigenvalue weighted by Crippen LogP contribution is 2.47. The van der Waals surface area contributed by atoms with Crippen LogP contribution in [0.25, 0.3) is 0 Å². The Kier molecular flexibility index (Phi) is 6.68. The Morgan fingerprint density at radius 3 is 2.62 bits per heavy atom. The molecule has 1 saturated carbocycles. The van der Waals surface area contributed by atoms with E-state index >= 15 is 0 Å². The molecule has 2 aliphatic carbocycles. The standard InChI is InChI=1S/C30H38N6O3/c31-8-5-24-18-36(10-9-32-24)27-25-19-39-30(15-22-3-1-2-4-23(22)16-30)17-26(25)33-28(34-27)38-21-29(6-7-29)20-35-11-13-37-14-12-35/h1-4,24,32H,5-7,9-21H2. The lowest BCUT2D eigenvalue weighted by Crippen LogP contribution is -2.51. The van der Waals surface area contributed by atoms with Crippen LogP contribution in [0.1, 0.15) is 41.6 Å². The summed E-state index contributed by atoms with van der Waals surface area (Å²) in [6.07, 6.45) is 5.44. The largest absolute Gasteiger partial charge is 0.463 e. The molecule has 4 heterocycles. The number of rotatable bonds is 7. The van der Waals surface area contributed by atoms with Crippen LogP contribution in [0, 0.1) is 16.7 Å². The molecule has 1 spiro atoms. The van der Waals surface area contributed by atoms with Crippen molar-refractivity contribution < 1.29 is 14.2 Å². The molecule has 0 bridgehead atoms. The van der Waals surface area contributed by atoms with Crippen molar-refractivity contribution in [1.29, 1.82) is 5.26 Å². The van der Waals surface area contributed by atoms with E-state index in [9.17, 15) is 5.26 Å². The van der Waals surface area contributed by atoms with E-state index in [1.807, 2.05) is 0 Å². The zero-order valence-corrected chi connectivity index (χ0v) is 22.7. The second kappa shape index (κ2) is 10.3. The molecular formula is C30H38N6O3. The third kappa shape index (κ3) is 5.23. The van der Waals surface area contributed by atoms with E-state index in [1.165, 1.54) is 24.0 Å². The van der Waals surface area contributed by atoms with Gasteiger partial charge in [-0.05, 0) is 24.0 Å². The van der Waals surface area contributed by atoms with Gasteiger partial charge in [-0.2, -0.15) is 15.2 Å². The lowest BCUT2D eigenvalue weighted by Gasteiger charge is -2.39.